The molecule has 0 aliphatic carbocycles. The predicted molar refractivity (Wildman–Crippen MR) is 81.4 cm³/mol. The number of nitrogens with two attached hydrogens (primary N) is 1. The Labute approximate surface area is 119 Å². The molecule has 1 aromatic heterocycles. The normalized spacial score (nSPS) is 11.2. The molecule has 5 nitrogen and oxygen atoms in total. The number of benzene rings is 1. The van der Waals surface area contributed by atoms with E-state index in [1.807, 2.05) is 24.3 Å². The van der Waals surface area contributed by atoms with E-state index in [1.54, 1.807) is 13.2 Å². The van der Waals surface area contributed by atoms with Gasteiger partial charge in [0.1, 0.15) is 23.2 Å². The third-order valence-electron chi connectivity index (χ3n) is 2.79. The van der Waals surface area contributed by atoms with E-state index in [0.29, 0.717) is 17.5 Å². The number of hydrogen-bond acceptors (Lipinski definition) is 5. The van der Waals surface area contributed by atoms with Gasteiger partial charge in [-0.25, -0.2) is 9.97 Å². The number of para-hydroxylation sites is 2. The first kappa shape index (κ1) is 14.1. The standard InChI is InChI=1S/C15H20N4O/c1-15(2,3)14-18-12(16)9-13(19-14)17-10-7-5-6-8-11(10)20-4/h5-9H,1-4H3,(H3,16,17,18,19). The molecule has 0 saturated heterocycles. The van der Waals surface area contributed by atoms with Gasteiger partial charge in [-0.05, 0) is 12.1 Å². The van der Waals surface area contributed by atoms with E-state index < -0.39 is 0 Å². The summed E-state index contributed by atoms with van der Waals surface area (Å²) in [5, 5.41) is 3.22. The number of nitrogens with one attached hydrogen (secondary N) is 1. The summed E-state index contributed by atoms with van der Waals surface area (Å²) < 4.78 is 5.31. The van der Waals surface area contributed by atoms with Gasteiger partial charge in [0.05, 0.1) is 12.8 Å². The van der Waals surface area contributed by atoms with E-state index >= 15 is 0 Å². The van der Waals surface area contributed by atoms with Crippen LogP contribution in [0.3, 0.4) is 0 Å². The van der Waals surface area contributed by atoms with Gasteiger partial charge >= 0.3 is 0 Å². The third kappa shape index (κ3) is 3.17. The number of nitrogen functional groups attached to an aromatic ring is 1. The highest BCUT2D eigenvalue weighted by atomic mass is 16.5. The second kappa shape index (κ2) is 5.36. The first-order chi connectivity index (χ1) is 9.40. The minimum Gasteiger partial charge on any atom is -0.495 e. The molecule has 5 heteroatoms. The Bertz CT molecular complexity index is 605. The Morgan fingerprint density at radius 3 is 2.50 bits per heavy atom. The van der Waals surface area contributed by atoms with E-state index in [4.69, 9.17) is 10.5 Å². The number of anilines is 3. The van der Waals surface area contributed by atoms with Crippen LogP contribution in [0.1, 0.15) is 26.6 Å². The molecule has 2 rings (SSSR count). The van der Waals surface area contributed by atoms with Gasteiger partial charge in [-0.1, -0.05) is 32.9 Å². The first-order valence-electron chi connectivity index (χ1n) is 6.45. The van der Waals surface area contributed by atoms with Gasteiger partial charge in [-0.15, -0.1) is 0 Å². The van der Waals surface area contributed by atoms with Crippen molar-refractivity contribution in [2.24, 2.45) is 0 Å². The molecule has 2 aromatic rings. The average molecular weight is 272 g/mol. The molecule has 0 fully saturated rings. The predicted octanol–water partition coefficient (Wildman–Crippen LogP) is 3.11. The van der Waals surface area contributed by atoms with Gasteiger partial charge in [0, 0.05) is 11.5 Å². The molecule has 0 aliphatic rings. The van der Waals surface area contributed by atoms with Gasteiger partial charge in [-0.2, -0.15) is 0 Å². The maximum absolute atomic E-state index is 5.86. The number of aromatic nitrogens is 2. The lowest BCUT2D eigenvalue weighted by molar-refractivity contribution is 0.417. The Kier molecular flexibility index (Phi) is 3.79. The monoisotopic (exact) mass is 272 g/mol. The SMILES string of the molecule is COc1ccccc1Nc1cc(N)nc(C(C)(C)C)n1. The molecule has 0 aliphatic heterocycles. The lowest BCUT2D eigenvalue weighted by atomic mass is 9.96. The molecule has 0 spiro atoms. The maximum atomic E-state index is 5.86. The van der Waals surface area contributed by atoms with Crippen LogP contribution >= 0.6 is 0 Å². The number of hydrogen-bond donors (Lipinski definition) is 2. The Hall–Kier alpha value is -2.30. The van der Waals surface area contributed by atoms with Crippen molar-refractivity contribution < 1.29 is 4.74 Å². The molecule has 3 N–H and O–H groups in total. The second-order valence-corrected chi connectivity index (χ2v) is 5.58. The van der Waals surface area contributed by atoms with Crippen molar-refractivity contribution in [3.63, 3.8) is 0 Å². The topological polar surface area (TPSA) is 73.1 Å². The van der Waals surface area contributed by atoms with Crippen LogP contribution in [0.2, 0.25) is 0 Å². The van der Waals surface area contributed by atoms with E-state index in [1.165, 1.54) is 0 Å². The zero-order chi connectivity index (χ0) is 14.8. The van der Waals surface area contributed by atoms with Crippen molar-refractivity contribution in [2.45, 2.75) is 26.2 Å². The number of methoxy groups -OCH3 is 1. The molecule has 1 heterocycles. The summed E-state index contributed by atoms with van der Waals surface area (Å²) in [6.07, 6.45) is 0. The Morgan fingerprint density at radius 2 is 1.85 bits per heavy atom. The summed E-state index contributed by atoms with van der Waals surface area (Å²) in [6.45, 7) is 6.15. The summed E-state index contributed by atoms with van der Waals surface area (Å²) in [5.41, 5.74) is 6.54. The quantitative estimate of drug-likeness (QED) is 0.898. The molecule has 0 saturated carbocycles. The summed E-state index contributed by atoms with van der Waals surface area (Å²) in [7, 11) is 1.63. The number of nitrogens with zero attached hydrogens (tertiary/aromatic N) is 2. The average Bonchev–Trinajstić information content (AvgIpc) is 2.37. The van der Waals surface area contributed by atoms with E-state index in [2.05, 4.69) is 36.1 Å². The van der Waals surface area contributed by atoms with Gasteiger partial charge in [0.2, 0.25) is 0 Å². The molecule has 20 heavy (non-hydrogen) atoms. The fraction of sp³-hybridized carbons (Fsp3) is 0.333. The molecular formula is C15H20N4O. The fourth-order valence-electron chi connectivity index (χ4n) is 1.75. The van der Waals surface area contributed by atoms with Crippen molar-refractivity contribution in [1.82, 2.24) is 9.97 Å². The number of rotatable bonds is 3. The zero-order valence-corrected chi connectivity index (χ0v) is 12.3. The molecule has 0 amide bonds. The molecule has 0 unspecified atom stereocenters. The van der Waals surface area contributed by atoms with Gasteiger partial charge < -0.3 is 15.8 Å². The van der Waals surface area contributed by atoms with Crippen LogP contribution in [-0.4, -0.2) is 17.1 Å². The van der Waals surface area contributed by atoms with Crippen LogP contribution in [0.4, 0.5) is 17.3 Å². The molecule has 0 bridgehead atoms. The summed E-state index contributed by atoms with van der Waals surface area (Å²) in [6, 6.07) is 9.37. The minimum atomic E-state index is -0.160. The van der Waals surface area contributed by atoms with Crippen molar-refractivity contribution in [1.29, 1.82) is 0 Å². The molecule has 1 aromatic carbocycles. The van der Waals surface area contributed by atoms with Crippen molar-refractivity contribution >= 4 is 17.3 Å². The van der Waals surface area contributed by atoms with Crippen molar-refractivity contribution in [3.8, 4) is 5.75 Å². The second-order valence-electron chi connectivity index (χ2n) is 5.58. The van der Waals surface area contributed by atoms with E-state index in [0.717, 1.165) is 11.4 Å². The van der Waals surface area contributed by atoms with Crippen LogP contribution in [0.15, 0.2) is 30.3 Å². The smallest absolute Gasteiger partial charge is 0.142 e. The minimum absolute atomic E-state index is 0.160. The van der Waals surface area contributed by atoms with Gasteiger partial charge in [-0.3, -0.25) is 0 Å². The van der Waals surface area contributed by atoms with E-state index in [9.17, 15) is 0 Å². The van der Waals surface area contributed by atoms with Crippen molar-refractivity contribution in [3.05, 3.63) is 36.2 Å². The zero-order valence-electron chi connectivity index (χ0n) is 12.3. The highest BCUT2D eigenvalue weighted by molar-refractivity contribution is 5.65. The van der Waals surface area contributed by atoms with Crippen LogP contribution < -0.4 is 15.8 Å². The lowest BCUT2D eigenvalue weighted by Gasteiger charge is -2.18. The summed E-state index contributed by atoms with van der Waals surface area (Å²) >= 11 is 0. The third-order valence-corrected chi connectivity index (χ3v) is 2.79. The maximum Gasteiger partial charge on any atom is 0.142 e. The summed E-state index contributed by atoms with van der Waals surface area (Å²) in [5.74, 6) is 2.56. The van der Waals surface area contributed by atoms with Gasteiger partial charge in [0.25, 0.3) is 0 Å². The number of ether oxygens (including phenoxy) is 1. The van der Waals surface area contributed by atoms with Crippen LogP contribution in [-0.2, 0) is 5.41 Å². The largest absolute Gasteiger partial charge is 0.495 e. The highest BCUT2D eigenvalue weighted by Crippen LogP contribution is 2.28. The van der Waals surface area contributed by atoms with E-state index in [-0.39, 0.29) is 5.41 Å². The van der Waals surface area contributed by atoms with Crippen LogP contribution in [0.5, 0.6) is 5.75 Å². The fourth-order valence-corrected chi connectivity index (χ4v) is 1.75. The molecule has 0 atom stereocenters. The summed E-state index contributed by atoms with van der Waals surface area (Å²) in [4.78, 5) is 8.80. The van der Waals surface area contributed by atoms with Crippen molar-refractivity contribution in [2.75, 3.05) is 18.2 Å². The Balaban J connectivity index is 2.36. The Morgan fingerprint density at radius 1 is 1.15 bits per heavy atom. The highest BCUT2D eigenvalue weighted by Gasteiger charge is 2.18. The molecular weight excluding hydrogens is 252 g/mol. The molecule has 0 radical (unpaired) electrons. The molecule has 106 valence electrons. The lowest BCUT2D eigenvalue weighted by Crippen LogP contribution is -2.17. The van der Waals surface area contributed by atoms with Gasteiger partial charge in [0.15, 0.2) is 0 Å². The first-order valence-corrected chi connectivity index (χ1v) is 6.45. The van der Waals surface area contributed by atoms with Crippen LogP contribution in [0.25, 0.3) is 0 Å². The van der Waals surface area contributed by atoms with Crippen LogP contribution in [0, 0.1) is 0 Å².